The van der Waals surface area contributed by atoms with Crippen molar-refractivity contribution in [3.8, 4) is 16.9 Å². The average molecular weight is 400 g/mol. The van der Waals surface area contributed by atoms with Crippen molar-refractivity contribution in [2.75, 3.05) is 6.61 Å². The first-order chi connectivity index (χ1) is 14.6. The Hall–Kier alpha value is -3.64. The first kappa shape index (κ1) is 19.7. The normalized spacial score (nSPS) is 12.0. The maximum Gasteiger partial charge on any atom is 0.221 e. The Bertz CT molecular complexity index is 1150. The molecule has 5 N–H and O–H groups in total. The molecule has 0 aliphatic rings. The summed E-state index contributed by atoms with van der Waals surface area (Å²) < 4.78 is 5.91. The van der Waals surface area contributed by atoms with Gasteiger partial charge in [0.1, 0.15) is 12.4 Å². The monoisotopic (exact) mass is 400 g/mol. The van der Waals surface area contributed by atoms with Crippen molar-refractivity contribution in [2.24, 2.45) is 11.5 Å². The van der Waals surface area contributed by atoms with Gasteiger partial charge in [-0.2, -0.15) is 0 Å². The number of benzene rings is 2. The van der Waals surface area contributed by atoms with Crippen LogP contribution in [0.25, 0.3) is 22.0 Å². The number of carbonyl (C=O) groups is 1. The third-order valence-electron chi connectivity index (χ3n) is 5.00. The number of primary amides is 1. The highest BCUT2D eigenvalue weighted by atomic mass is 16.5. The number of aromatic nitrogens is 2. The fourth-order valence-electron chi connectivity index (χ4n) is 3.52. The van der Waals surface area contributed by atoms with Gasteiger partial charge in [0.2, 0.25) is 5.91 Å². The molecule has 0 radical (unpaired) electrons. The van der Waals surface area contributed by atoms with Gasteiger partial charge in [0.15, 0.2) is 0 Å². The second-order valence-corrected chi connectivity index (χ2v) is 7.38. The number of carbonyl (C=O) groups excluding carboxylic acids is 1. The fourth-order valence-corrected chi connectivity index (χ4v) is 3.52. The Labute approximate surface area is 174 Å². The number of aromatic amines is 1. The minimum atomic E-state index is -0.344. The highest BCUT2D eigenvalue weighted by Gasteiger charge is 2.10. The van der Waals surface area contributed by atoms with Crippen molar-refractivity contribution in [3.05, 3.63) is 84.3 Å². The van der Waals surface area contributed by atoms with Crippen LogP contribution in [0.5, 0.6) is 5.75 Å². The summed E-state index contributed by atoms with van der Waals surface area (Å²) in [5, 5.41) is 1.19. The van der Waals surface area contributed by atoms with Crippen LogP contribution in [-0.4, -0.2) is 28.5 Å². The van der Waals surface area contributed by atoms with Crippen LogP contribution < -0.4 is 16.2 Å². The van der Waals surface area contributed by atoms with Gasteiger partial charge >= 0.3 is 0 Å². The predicted molar refractivity (Wildman–Crippen MR) is 118 cm³/mol. The van der Waals surface area contributed by atoms with Gasteiger partial charge in [0, 0.05) is 34.9 Å². The van der Waals surface area contributed by atoms with Gasteiger partial charge in [-0.3, -0.25) is 9.78 Å². The molecule has 30 heavy (non-hydrogen) atoms. The van der Waals surface area contributed by atoms with Gasteiger partial charge in [0.25, 0.3) is 0 Å². The zero-order chi connectivity index (χ0) is 20.9. The zero-order valence-corrected chi connectivity index (χ0v) is 16.5. The molecule has 0 saturated carbocycles. The quantitative estimate of drug-likeness (QED) is 0.422. The Morgan fingerprint density at radius 2 is 1.87 bits per heavy atom. The molecule has 0 saturated heterocycles. The van der Waals surface area contributed by atoms with Crippen molar-refractivity contribution in [1.82, 2.24) is 9.97 Å². The van der Waals surface area contributed by atoms with E-state index in [9.17, 15) is 4.79 Å². The third-order valence-corrected chi connectivity index (χ3v) is 5.00. The number of amides is 1. The van der Waals surface area contributed by atoms with E-state index in [0.29, 0.717) is 12.4 Å². The zero-order valence-electron chi connectivity index (χ0n) is 16.5. The molecule has 6 nitrogen and oxygen atoms in total. The first-order valence-corrected chi connectivity index (χ1v) is 9.84. The average Bonchev–Trinajstić information content (AvgIpc) is 3.15. The van der Waals surface area contributed by atoms with Crippen LogP contribution in [0.4, 0.5) is 0 Å². The SMILES string of the molecule is NC(=O)Cc1ccc(-c2cncc(OC[C@@H](N)Cc3c[nH]c4ccccc34)c2)cc1. The number of fused-ring (bicyclic) bond motifs is 1. The molecule has 4 rings (SSSR count). The number of hydrogen-bond donors (Lipinski definition) is 3. The Morgan fingerprint density at radius 3 is 2.67 bits per heavy atom. The molecule has 0 bridgehead atoms. The summed E-state index contributed by atoms with van der Waals surface area (Å²) in [6.07, 6.45) is 6.42. The third kappa shape index (κ3) is 4.67. The lowest BCUT2D eigenvalue weighted by Gasteiger charge is -2.13. The van der Waals surface area contributed by atoms with E-state index in [-0.39, 0.29) is 18.4 Å². The maximum atomic E-state index is 11.0. The number of para-hydroxylation sites is 1. The summed E-state index contributed by atoms with van der Waals surface area (Å²) in [5.74, 6) is 0.326. The molecule has 1 amide bonds. The van der Waals surface area contributed by atoms with Crippen LogP contribution in [0, 0.1) is 0 Å². The molecule has 4 aromatic rings. The molecule has 2 aromatic heterocycles. The molecular weight excluding hydrogens is 376 g/mol. The van der Waals surface area contributed by atoms with Crippen molar-refractivity contribution in [3.63, 3.8) is 0 Å². The molecule has 0 fully saturated rings. The van der Waals surface area contributed by atoms with E-state index in [2.05, 4.69) is 22.1 Å². The number of H-pyrrole nitrogens is 1. The lowest BCUT2D eigenvalue weighted by molar-refractivity contribution is -0.117. The predicted octanol–water partition coefficient (Wildman–Crippen LogP) is 3.21. The summed E-state index contributed by atoms with van der Waals surface area (Å²) in [6, 6.07) is 17.7. The molecule has 0 spiro atoms. The van der Waals surface area contributed by atoms with Crippen LogP contribution in [0.3, 0.4) is 0 Å². The Kier molecular flexibility index (Phi) is 5.77. The topological polar surface area (TPSA) is 107 Å². The molecule has 0 aliphatic carbocycles. The molecular formula is C24H24N4O2. The highest BCUT2D eigenvalue weighted by Crippen LogP contribution is 2.24. The highest BCUT2D eigenvalue weighted by molar-refractivity contribution is 5.83. The van der Waals surface area contributed by atoms with E-state index in [0.717, 1.165) is 28.6 Å². The summed E-state index contributed by atoms with van der Waals surface area (Å²) in [7, 11) is 0. The molecule has 1 atom stereocenters. The summed E-state index contributed by atoms with van der Waals surface area (Å²) in [5.41, 5.74) is 16.7. The van der Waals surface area contributed by atoms with E-state index < -0.39 is 0 Å². The summed E-state index contributed by atoms with van der Waals surface area (Å²) >= 11 is 0. The largest absolute Gasteiger partial charge is 0.490 e. The molecule has 0 unspecified atom stereocenters. The van der Waals surface area contributed by atoms with E-state index in [1.54, 1.807) is 12.4 Å². The van der Waals surface area contributed by atoms with Crippen molar-refractivity contribution >= 4 is 16.8 Å². The maximum absolute atomic E-state index is 11.0. The molecule has 152 valence electrons. The van der Waals surface area contributed by atoms with Crippen LogP contribution in [0.2, 0.25) is 0 Å². The van der Waals surface area contributed by atoms with Gasteiger partial charge < -0.3 is 21.2 Å². The van der Waals surface area contributed by atoms with E-state index in [1.165, 1.54) is 10.9 Å². The van der Waals surface area contributed by atoms with Crippen molar-refractivity contribution in [1.29, 1.82) is 0 Å². The fraction of sp³-hybridized carbons (Fsp3) is 0.167. The minimum absolute atomic E-state index is 0.138. The number of rotatable bonds is 8. The minimum Gasteiger partial charge on any atom is -0.490 e. The number of nitrogens with two attached hydrogens (primary N) is 2. The summed E-state index contributed by atoms with van der Waals surface area (Å²) in [6.45, 7) is 0.391. The van der Waals surface area contributed by atoms with Crippen molar-refractivity contribution < 1.29 is 9.53 Å². The number of ether oxygens (including phenoxy) is 1. The van der Waals surface area contributed by atoms with E-state index >= 15 is 0 Å². The number of hydrogen-bond acceptors (Lipinski definition) is 4. The van der Waals surface area contributed by atoms with Gasteiger partial charge in [-0.15, -0.1) is 0 Å². The Morgan fingerprint density at radius 1 is 1.07 bits per heavy atom. The lowest BCUT2D eigenvalue weighted by Crippen LogP contribution is -2.30. The van der Waals surface area contributed by atoms with Crippen LogP contribution in [0.1, 0.15) is 11.1 Å². The van der Waals surface area contributed by atoms with E-state index in [1.807, 2.05) is 48.7 Å². The number of nitrogens with one attached hydrogen (secondary N) is 1. The van der Waals surface area contributed by atoms with Gasteiger partial charge in [0.05, 0.1) is 12.6 Å². The van der Waals surface area contributed by atoms with E-state index in [4.69, 9.17) is 16.2 Å². The summed E-state index contributed by atoms with van der Waals surface area (Å²) in [4.78, 5) is 18.6. The molecule has 0 aliphatic heterocycles. The molecule has 2 heterocycles. The van der Waals surface area contributed by atoms with Gasteiger partial charge in [-0.25, -0.2) is 0 Å². The smallest absolute Gasteiger partial charge is 0.221 e. The van der Waals surface area contributed by atoms with Crippen molar-refractivity contribution in [2.45, 2.75) is 18.9 Å². The van der Waals surface area contributed by atoms with Gasteiger partial charge in [-0.1, -0.05) is 42.5 Å². The standard InChI is InChI=1S/C24H24N4O2/c25-20(10-19-13-28-23-4-2-1-3-22(19)23)15-30-21-11-18(12-27-14-21)17-7-5-16(6-8-17)9-24(26)29/h1-8,11-14,20,28H,9-10,15,25H2,(H2,26,29)/t20-/m0/s1. The van der Waals surface area contributed by atoms with Gasteiger partial charge in [-0.05, 0) is 35.2 Å². The molecule has 6 heteroatoms. The Balaban J connectivity index is 1.39. The second-order valence-electron chi connectivity index (χ2n) is 7.38. The van der Waals surface area contributed by atoms with Crippen LogP contribution >= 0.6 is 0 Å². The number of pyridine rings is 1. The number of nitrogens with zero attached hydrogens (tertiary/aromatic N) is 1. The van der Waals surface area contributed by atoms with Crippen LogP contribution in [-0.2, 0) is 17.6 Å². The first-order valence-electron chi connectivity index (χ1n) is 9.84. The second kappa shape index (κ2) is 8.80. The molecule has 2 aromatic carbocycles. The van der Waals surface area contributed by atoms with Crippen LogP contribution in [0.15, 0.2) is 73.2 Å². The lowest BCUT2D eigenvalue weighted by atomic mass is 10.0.